The molecule has 2 N–H and O–H groups in total. The predicted molar refractivity (Wildman–Crippen MR) is 85.9 cm³/mol. The highest BCUT2D eigenvalue weighted by molar-refractivity contribution is 5.25. The molecule has 2 aromatic rings. The molecule has 0 saturated carbocycles. The number of aliphatic hydroxyl groups excluding tert-OH is 1. The Balaban J connectivity index is 1.89. The molecule has 1 aliphatic heterocycles. The Bertz CT molecular complexity index is 554. The van der Waals surface area contributed by atoms with Crippen LogP contribution in [-0.2, 0) is 0 Å². The lowest BCUT2D eigenvalue weighted by Crippen LogP contribution is -2.44. The topological polar surface area (TPSA) is 32.3 Å². The number of nitrogens with one attached hydrogen (secondary N) is 1. The molecule has 1 fully saturated rings. The SMILES string of the molecule is CCC1C(O)CC(c2ccccc2)NC1c1ccccc1. The maximum Gasteiger partial charge on any atom is 0.0604 e. The van der Waals surface area contributed by atoms with Crippen LogP contribution in [0.5, 0.6) is 0 Å². The Kier molecular flexibility index (Phi) is 4.37. The number of hydrogen-bond donors (Lipinski definition) is 2. The standard InChI is InChI=1S/C19H23NO/c1-2-16-18(21)13-17(14-9-5-3-6-10-14)20-19(16)15-11-7-4-8-12-15/h3-12,16-21H,2,13H2,1H3. The summed E-state index contributed by atoms with van der Waals surface area (Å²) >= 11 is 0. The minimum absolute atomic E-state index is 0.213. The normalized spacial score (nSPS) is 29.2. The summed E-state index contributed by atoms with van der Waals surface area (Å²) in [6.45, 7) is 2.16. The van der Waals surface area contributed by atoms with E-state index < -0.39 is 0 Å². The summed E-state index contributed by atoms with van der Waals surface area (Å²) in [7, 11) is 0. The van der Waals surface area contributed by atoms with Crippen LogP contribution in [0.25, 0.3) is 0 Å². The quantitative estimate of drug-likeness (QED) is 0.895. The van der Waals surface area contributed by atoms with Gasteiger partial charge in [-0.25, -0.2) is 0 Å². The van der Waals surface area contributed by atoms with Crippen LogP contribution in [0.3, 0.4) is 0 Å². The molecular formula is C19H23NO. The molecule has 3 rings (SSSR count). The van der Waals surface area contributed by atoms with Crippen molar-refractivity contribution in [2.45, 2.75) is 38.0 Å². The van der Waals surface area contributed by atoms with E-state index in [1.165, 1.54) is 11.1 Å². The van der Waals surface area contributed by atoms with E-state index >= 15 is 0 Å². The molecule has 0 bridgehead atoms. The Labute approximate surface area is 126 Å². The van der Waals surface area contributed by atoms with Gasteiger partial charge in [-0.05, 0) is 24.0 Å². The molecule has 21 heavy (non-hydrogen) atoms. The first-order valence-electron chi connectivity index (χ1n) is 7.83. The fourth-order valence-electron chi connectivity index (χ4n) is 3.48. The lowest BCUT2D eigenvalue weighted by Gasteiger charge is -2.41. The van der Waals surface area contributed by atoms with Gasteiger partial charge >= 0.3 is 0 Å². The van der Waals surface area contributed by atoms with E-state index in [1.807, 2.05) is 12.1 Å². The smallest absolute Gasteiger partial charge is 0.0604 e. The first kappa shape index (κ1) is 14.3. The molecule has 2 heteroatoms. The van der Waals surface area contributed by atoms with E-state index in [9.17, 15) is 5.11 Å². The van der Waals surface area contributed by atoms with Crippen LogP contribution in [0.1, 0.15) is 43.0 Å². The van der Waals surface area contributed by atoms with Crippen LogP contribution >= 0.6 is 0 Å². The van der Waals surface area contributed by atoms with Crippen LogP contribution in [0.2, 0.25) is 0 Å². The van der Waals surface area contributed by atoms with Gasteiger partial charge < -0.3 is 10.4 Å². The zero-order valence-electron chi connectivity index (χ0n) is 12.4. The summed E-state index contributed by atoms with van der Waals surface area (Å²) in [5.41, 5.74) is 2.52. The van der Waals surface area contributed by atoms with Gasteiger partial charge in [-0.1, -0.05) is 67.6 Å². The van der Waals surface area contributed by atoms with Crippen molar-refractivity contribution in [3.63, 3.8) is 0 Å². The third kappa shape index (κ3) is 3.02. The molecule has 0 amide bonds. The molecule has 1 aliphatic rings. The maximum atomic E-state index is 10.6. The largest absolute Gasteiger partial charge is 0.393 e. The van der Waals surface area contributed by atoms with Gasteiger partial charge in [-0.3, -0.25) is 0 Å². The molecule has 4 unspecified atom stereocenters. The number of piperidine rings is 1. The van der Waals surface area contributed by atoms with E-state index in [2.05, 4.69) is 60.8 Å². The van der Waals surface area contributed by atoms with E-state index in [1.54, 1.807) is 0 Å². The summed E-state index contributed by atoms with van der Waals surface area (Å²) in [5, 5.41) is 14.3. The number of rotatable bonds is 3. The average Bonchev–Trinajstić information content (AvgIpc) is 2.55. The van der Waals surface area contributed by atoms with Crippen LogP contribution in [0.4, 0.5) is 0 Å². The van der Waals surface area contributed by atoms with Crippen LogP contribution in [0, 0.1) is 5.92 Å². The molecule has 0 aliphatic carbocycles. The van der Waals surface area contributed by atoms with Crippen molar-refractivity contribution >= 4 is 0 Å². The summed E-state index contributed by atoms with van der Waals surface area (Å²) in [6.07, 6.45) is 1.51. The maximum absolute atomic E-state index is 10.6. The van der Waals surface area contributed by atoms with E-state index in [0.717, 1.165) is 12.8 Å². The van der Waals surface area contributed by atoms with Crippen molar-refractivity contribution in [2.24, 2.45) is 5.92 Å². The van der Waals surface area contributed by atoms with Gasteiger partial charge in [-0.2, -0.15) is 0 Å². The summed E-state index contributed by atoms with van der Waals surface area (Å²) in [6, 6.07) is 21.4. The summed E-state index contributed by atoms with van der Waals surface area (Å²) in [4.78, 5) is 0. The monoisotopic (exact) mass is 281 g/mol. The highest BCUT2D eigenvalue weighted by atomic mass is 16.3. The Hall–Kier alpha value is -1.64. The van der Waals surface area contributed by atoms with Crippen molar-refractivity contribution in [1.29, 1.82) is 0 Å². The van der Waals surface area contributed by atoms with E-state index in [-0.39, 0.29) is 24.1 Å². The van der Waals surface area contributed by atoms with E-state index in [4.69, 9.17) is 0 Å². The Morgan fingerprint density at radius 1 is 0.952 bits per heavy atom. The molecule has 0 spiro atoms. The highest BCUT2D eigenvalue weighted by Crippen LogP contribution is 2.38. The zero-order chi connectivity index (χ0) is 14.7. The van der Waals surface area contributed by atoms with Gasteiger partial charge in [0.1, 0.15) is 0 Å². The number of benzene rings is 2. The van der Waals surface area contributed by atoms with Crippen molar-refractivity contribution in [2.75, 3.05) is 0 Å². The van der Waals surface area contributed by atoms with Crippen LogP contribution < -0.4 is 5.32 Å². The molecular weight excluding hydrogens is 258 g/mol. The van der Waals surface area contributed by atoms with Gasteiger partial charge in [0.25, 0.3) is 0 Å². The van der Waals surface area contributed by atoms with Crippen molar-refractivity contribution < 1.29 is 5.11 Å². The molecule has 0 radical (unpaired) electrons. The summed E-state index contributed by atoms with van der Waals surface area (Å²) < 4.78 is 0. The molecule has 2 aromatic carbocycles. The second kappa shape index (κ2) is 6.42. The minimum Gasteiger partial charge on any atom is -0.393 e. The molecule has 2 nitrogen and oxygen atoms in total. The third-order valence-electron chi connectivity index (χ3n) is 4.61. The van der Waals surface area contributed by atoms with Crippen LogP contribution in [-0.4, -0.2) is 11.2 Å². The molecule has 1 saturated heterocycles. The van der Waals surface area contributed by atoms with Crippen molar-refractivity contribution in [3.8, 4) is 0 Å². The van der Waals surface area contributed by atoms with Gasteiger partial charge in [0.15, 0.2) is 0 Å². The molecule has 1 heterocycles. The third-order valence-corrected chi connectivity index (χ3v) is 4.61. The first-order valence-corrected chi connectivity index (χ1v) is 7.83. The van der Waals surface area contributed by atoms with Crippen LogP contribution in [0.15, 0.2) is 60.7 Å². The highest BCUT2D eigenvalue weighted by Gasteiger charge is 2.36. The lowest BCUT2D eigenvalue weighted by atomic mass is 9.78. The summed E-state index contributed by atoms with van der Waals surface area (Å²) in [5.74, 6) is 0.271. The Morgan fingerprint density at radius 2 is 1.52 bits per heavy atom. The number of aliphatic hydroxyl groups is 1. The van der Waals surface area contributed by atoms with Gasteiger partial charge in [-0.15, -0.1) is 0 Å². The first-order chi connectivity index (χ1) is 10.3. The fourth-order valence-corrected chi connectivity index (χ4v) is 3.48. The molecule has 110 valence electrons. The second-order valence-corrected chi connectivity index (χ2v) is 5.89. The average molecular weight is 281 g/mol. The molecule has 4 atom stereocenters. The zero-order valence-corrected chi connectivity index (χ0v) is 12.4. The van der Waals surface area contributed by atoms with Crippen molar-refractivity contribution in [1.82, 2.24) is 5.32 Å². The van der Waals surface area contributed by atoms with Gasteiger partial charge in [0.2, 0.25) is 0 Å². The van der Waals surface area contributed by atoms with E-state index in [0.29, 0.717) is 0 Å². The fraction of sp³-hybridized carbons (Fsp3) is 0.368. The minimum atomic E-state index is -0.258. The second-order valence-electron chi connectivity index (χ2n) is 5.89. The number of hydrogen-bond acceptors (Lipinski definition) is 2. The Morgan fingerprint density at radius 3 is 2.10 bits per heavy atom. The lowest BCUT2D eigenvalue weighted by molar-refractivity contribution is 0.0290. The predicted octanol–water partition coefficient (Wildman–Crippen LogP) is 3.85. The molecule has 0 aromatic heterocycles. The van der Waals surface area contributed by atoms with Crippen molar-refractivity contribution in [3.05, 3.63) is 71.8 Å². The van der Waals surface area contributed by atoms with Gasteiger partial charge in [0.05, 0.1) is 6.10 Å². The van der Waals surface area contributed by atoms with Gasteiger partial charge in [0, 0.05) is 18.0 Å².